The third kappa shape index (κ3) is 6.42. The Bertz CT molecular complexity index is 1050. The number of ether oxygens (including phenoxy) is 1. The fraction of sp³-hybridized carbons (Fsp3) is 0.636. The van der Waals surface area contributed by atoms with Gasteiger partial charge >= 0.3 is 29.2 Å². The first kappa shape index (κ1) is 27.5. The number of nitrogen functional groups attached to an aromatic ring is 1. The smallest absolute Gasteiger partial charge is 0.388 e. The zero-order valence-corrected chi connectivity index (χ0v) is 19.2. The lowest BCUT2D eigenvalue weighted by Crippen LogP contribution is -2.52. The zero-order chi connectivity index (χ0) is 24.7. The number of hydrogen-bond acceptors (Lipinski definition) is 11. The highest BCUT2D eigenvalue weighted by molar-refractivity contribution is 7.66. The molecular weight excluding hydrogens is 530 g/mol. The molecule has 0 saturated carbocycles. The van der Waals surface area contributed by atoms with Gasteiger partial charge in [-0.3, -0.25) is 9.09 Å². The van der Waals surface area contributed by atoms with Gasteiger partial charge in [0.25, 0.3) is 0 Å². The van der Waals surface area contributed by atoms with Gasteiger partial charge in [-0.1, -0.05) is 0 Å². The Hall–Kier alpha value is -0.770. The Kier molecular flexibility index (Phi) is 8.13. The molecule has 0 aliphatic carbocycles. The van der Waals surface area contributed by atoms with Crippen molar-refractivity contribution in [3.63, 3.8) is 0 Å². The van der Waals surface area contributed by atoms with E-state index < -0.39 is 65.2 Å². The topological polar surface area (TPSA) is 250 Å². The number of alkyl halides is 2. The number of phosphoric ester groups is 1. The summed E-state index contributed by atoms with van der Waals surface area (Å²) in [6, 6.07) is 1.17. The molecule has 1 fully saturated rings. The summed E-state index contributed by atoms with van der Waals surface area (Å²) >= 11 is 6.06. The van der Waals surface area contributed by atoms with E-state index >= 15 is 0 Å². The summed E-state index contributed by atoms with van der Waals surface area (Å²) in [6.45, 7) is -0.494. The number of aliphatic hydroxyl groups excluding tert-OH is 1. The van der Waals surface area contributed by atoms with Crippen LogP contribution in [0.3, 0.4) is 0 Å². The van der Waals surface area contributed by atoms with Crippen molar-refractivity contribution in [2.75, 3.05) is 12.3 Å². The molecule has 16 nitrogen and oxygen atoms in total. The van der Waals surface area contributed by atoms with E-state index in [4.69, 9.17) is 36.8 Å². The SMILES string of the molecule is CC(F)[C@]1(COP(=O)(O)OP(=O)(O)OP(=O)(O)O)O[C@@H](n2ccc(N)nc2=O)[C@H](Cl)[C@@H]1O. The van der Waals surface area contributed by atoms with Crippen molar-refractivity contribution in [2.24, 2.45) is 0 Å². The van der Waals surface area contributed by atoms with E-state index in [-0.39, 0.29) is 5.82 Å². The maximum Gasteiger partial charge on any atom is 0.490 e. The molecule has 1 aromatic heterocycles. The van der Waals surface area contributed by atoms with Crippen LogP contribution in [0.4, 0.5) is 10.2 Å². The van der Waals surface area contributed by atoms with Gasteiger partial charge in [0.05, 0.1) is 6.61 Å². The molecule has 0 spiro atoms. The van der Waals surface area contributed by atoms with E-state index in [1.54, 1.807) is 0 Å². The average Bonchev–Trinajstić information content (AvgIpc) is 2.83. The largest absolute Gasteiger partial charge is 0.490 e. The Labute approximate surface area is 183 Å². The fourth-order valence-corrected chi connectivity index (χ4v) is 6.11. The van der Waals surface area contributed by atoms with Gasteiger partial charge in [0.15, 0.2) is 11.8 Å². The first-order valence-corrected chi connectivity index (χ1v) is 13.1. The third-order valence-electron chi connectivity index (χ3n) is 4.08. The van der Waals surface area contributed by atoms with Crippen molar-refractivity contribution < 1.29 is 60.6 Å². The summed E-state index contributed by atoms with van der Waals surface area (Å²) in [5.41, 5.74) is 1.88. The lowest BCUT2D eigenvalue weighted by atomic mass is 9.93. The molecule has 1 aliphatic heterocycles. The monoisotopic (exact) mass is 547 g/mol. The lowest BCUT2D eigenvalue weighted by Gasteiger charge is -2.33. The summed E-state index contributed by atoms with van der Waals surface area (Å²) in [6.07, 6.45) is -4.65. The second-order valence-electron chi connectivity index (χ2n) is 6.38. The van der Waals surface area contributed by atoms with Crippen LogP contribution in [0.1, 0.15) is 13.2 Å². The van der Waals surface area contributed by atoms with Crippen molar-refractivity contribution >= 4 is 40.9 Å². The van der Waals surface area contributed by atoms with Crippen LogP contribution >= 0.6 is 35.1 Å². The molecule has 7 atom stereocenters. The molecule has 0 radical (unpaired) electrons. The van der Waals surface area contributed by atoms with Gasteiger partial charge < -0.3 is 35.2 Å². The number of nitrogens with zero attached hydrogens (tertiary/aromatic N) is 2. The van der Waals surface area contributed by atoms with Crippen LogP contribution in [0.15, 0.2) is 17.1 Å². The molecule has 0 amide bonds. The van der Waals surface area contributed by atoms with Crippen LogP contribution in [0.2, 0.25) is 0 Å². The first-order valence-electron chi connectivity index (χ1n) is 8.16. The van der Waals surface area contributed by atoms with Crippen molar-refractivity contribution in [2.45, 2.75) is 36.4 Å². The Morgan fingerprint density at radius 1 is 1.31 bits per heavy atom. The van der Waals surface area contributed by atoms with Gasteiger partial charge in [-0.2, -0.15) is 13.6 Å². The molecule has 2 rings (SSSR count). The molecule has 0 bridgehead atoms. The lowest BCUT2D eigenvalue weighted by molar-refractivity contribution is -0.158. The zero-order valence-electron chi connectivity index (χ0n) is 15.7. The van der Waals surface area contributed by atoms with E-state index in [0.29, 0.717) is 0 Å². The van der Waals surface area contributed by atoms with Crippen molar-refractivity contribution in [3.8, 4) is 0 Å². The minimum Gasteiger partial charge on any atom is -0.388 e. The number of aromatic nitrogens is 2. The maximum atomic E-state index is 14.5. The van der Waals surface area contributed by atoms with E-state index in [9.17, 15) is 32.9 Å². The van der Waals surface area contributed by atoms with Gasteiger partial charge in [-0.25, -0.2) is 22.9 Å². The minimum absolute atomic E-state index is 0.159. The van der Waals surface area contributed by atoms with Crippen molar-refractivity contribution in [3.05, 3.63) is 22.7 Å². The van der Waals surface area contributed by atoms with Gasteiger partial charge in [-0.05, 0) is 13.0 Å². The highest BCUT2D eigenvalue weighted by Crippen LogP contribution is 2.66. The molecule has 3 unspecified atom stereocenters. The van der Waals surface area contributed by atoms with Crippen molar-refractivity contribution in [1.29, 1.82) is 0 Å². The molecule has 2 heterocycles. The summed E-state index contributed by atoms with van der Waals surface area (Å²) in [5, 5.41) is 8.93. The highest BCUT2D eigenvalue weighted by Gasteiger charge is 2.59. The Balaban J connectivity index is 2.27. The fourth-order valence-electron chi connectivity index (χ4n) is 2.66. The van der Waals surface area contributed by atoms with Crippen LogP contribution in [-0.4, -0.2) is 64.1 Å². The number of halogens is 2. The molecule has 1 aliphatic rings. The molecule has 32 heavy (non-hydrogen) atoms. The maximum absolute atomic E-state index is 14.5. The molecule has 1 saturated heterocycles. The van der Waals surface area contributed by atoms with Crippen LogP contribution in [0.25, 0.3) is 0 Å². The molecule has 1 aromatic rings. The second kappa shape index (κ2) is 9.47. The standard InChI is InChI=1S/C11H18ClFN3O13P3/c1-5(13)11(4-26-31(22,23)29-32(24,25)28-30(19,20)21)8(17)7(12)9(27-11)16-3-2-6(14)15-10(16)18/h2-3,5,7-9,17H,4H2,1H3,(H,22,23)(H,24,25)(H2,14,15,18)(H2,19,20,21)/t5?,7-,8+,9-,11+/m1/s1. The molecule has 21 heteroatoms. The summed E-state index contributed by atoms with van der Waals surface area (Å²) in [7, 11) is -17.1. The van der Waals surface area contributed by atoms with Gasteiger partial charge in [-0.15, -0.1) is 11.6 Å². The van der Waals surface area contributed by atoms with Gasteiger partial charge in [0, 0.05) is 6.20 Å². The first-order chi connectivity index (χ1) is 14.4. The normalized spacial score (nSPS) is 31.1. The van der Waals surface area contributed by atoms with Crippen molar-refractivity contribution in [1.82, 2.24) is 9.55 Å². The number of rotatable bonds is 9. The van der Waals surface area contributed by atoms with Crippen LogP contribution in [0, 0.1) is 0 Å². The molecule has 0 aromatic carbocycles. The second-order valence-corrected chi connectivity index (χ2v) is 11.3. The number of aliphatic hydroxyl groups is 1. The molecule has 7 N–H and O–H groups in total. The molecule has 184 valence electrons. The minimum atomic E-state index is -5.83. The van der Waals surface area contributed by atoms with E-state index in [1.165, 1.54) is 6.07 Å². The Morgan fingerprint density at radius 2 is 1.91 bits per heavy atom. The van der Waals surface area contributed by atoms with Crippen LogP contribution < -0.4 is 11.4 Å². The predicted molar refractivity (Wildman–Crippen MR) is 102 cm³/mol. The van der Waals surface area contributed by atoms with E-state index in [0.717, 1.165) is 17.7 Å². The summed E-state index contributed by atoms with van der Waals surface area (Å²) in [4.78, 5) is 51.2. The molecular formula is C11H18ClFN3O13P3. The number of nitrogens with two attached hydrogens (primary N) is 1. The van der Waals surface area contributed by atoms with Crippen LogP contribution in [0.5, 0.6) is 0 Å². The van der Waals surface area contributed by atoms with E-state index in [1.807, 2.05) is 0 Å². The number of phosphoric acid groups is 3. The van der Waals surface area contributed by atoms with Gasteiger partial charge in [0.1, 0.15) is 23.5 Å². The Morgan fingerprint density at radius 3 is 2.41 bits per heavy atom. The van der Waals surface area contributed by atoms with Gasteiger partial charge in [0.2, 0.25) is 0 Å². The van der Waals surface area contributed by atoms with E-state index in [2.05, 4.69) is 18.1 Å². The highest BCUT2D eigenvalue weighted by atomic mass is 35.5. The summed E-state index contributed by atoms with van der Waals surface area (Å²) < 4.78 is 66.1. The predicted octanol–water partition coefficient (Wildman–Crippen LogP) is -0.237. The average molecular weight is 548 g/mol. The number of hydrogen-bond donors (Lipinski definition) is 6. The number of anilines is 1. The quantitative estimate of drug-likeness (QED) is 0.172. The summed E-state index contributed by atoms with van der Waals surface area (Å²) in [5.74, 6) is -0.159. The third-order valence-corrected chi connectivity index (χ3v) is 8.32. The van der Waals surface area contributed by atoms with Crippen LogP contribution in [-0.2, 0) is 31.6 Å².